The molecular formula is C16H16O2. The Balaban J connectivity index is 1.94. The lowest BCUT2D eigenvalue weighted by molar-refractivity contribution is -0.0482. The van der Waals surface area contributed by atoms with E-state index < -0.39 is 6.10 Å². The molecule has 3 rings (SSSR count). The third kappa shape index (κ3) is 2.05. The standard InChI is InChI=1S/C16H16O2/c17-15(13-7-2-1-3-8-13)16-14-9-5-4-6-12(14)10-11-18-16/h1-9,15-17H,10-11H2/t15?,16-/m0/s1. The summed E-state index contributed by atoms with van der Waals surface area (Å²) in [4.78, 5) is 0. The molecule has 0 saturated heterocycles. The second-order valence-corrected chi connectivity index (χ2v) is 4.60. The zero-order valence-electron chi connectivity index (χ0n) is 10.1. The number of hydrogen-bond donors (Lipinski definition) is 1. The third-order valence-corrected chi connectivity index (χ3v) is 3.46. The SMILES string of the molecule is OC(c1ccccc1)[C@H]1OCCc2ccccc21. The first-order valence-corrected chi connectivity index (χ1v) is 6.28. The topological polar surface area (TPSA) is 29.5 Å². The van der Waals surface area contributed by atoms with E-state index in [0.29, 0.717) is 6.61 Å². The van der Waals surface area contributed by atoms with Crippen molar-refractivity contribution in [2.45, 2.75) is 18.6 Å². The summed E-state index contributed by atoms with van der Waals surface area (Å²) in [7, 11) is 0. The number of hydrogen-bond acceptors (Lipinski definition) is 2. The summed E-state index contributed by atoms with van der Waals surface area (Å²) in [5.74, 6) is 0. The van der Waals surface area contributed by atoms with Gasteiger partial charge in [0.2, 0.25) is 0 Å². The van der Waals surface area contributed by atoms with E-state index in [4.69, 9.17) is 4.74 Å². The highest BCUT2D eigenvalue weighted by Crippen LogP contribution is 2.36. The number of benzene rings is 2. The van der Waals surface area contributed by atoms with Crippen LogP contribution in [0.15, 0.2) is 54.6 Å². The molecule has 0 amide bonds. The predicted octanol–water partition coefficient (Wildman–Crippen LogP) is 3.03. The number of aliphatic hydroxyl groups excluding tert-OH is 1. The molecule has 2 aromatic carbocycles. The summed E-state index contributed by atoms with van der Waals surface area (Å²) >= 11 is 0. The molecule has 1 aliphatic rings. The van der Waals surface area contributed by atoms with E-state index in [2.05, 4.69) is 6.07 Å². The second kappa shape index (κ2) is 4.92. The van der Waals surface area contributed by atoms with Gasteiger partial charge in [-0.15, -0.1) is 0 Å². The number of rotatable bonds is 2. The Morgan fingerprint density at radius 1 is 1.00 bits per heavy atom. The van der Waals surface area contributed by atoms with Crippen LogP contribution in [-0.4, -0.2) is 11.7 Å². The number of fused-ring (bicyclic) bond motifs is 1. The van der Waals surface area contributed by atoms with Gasteiger partial charge in [0.05, 0.1) is 6.61 Å². The third-order valence-electron chi connectivity index (χ3n) is 3.46. The van der Waals surface area contributed by atoms with Gasteiger partial charge in [0.15, 0.2) is 0 Å². The molecule has 18 heavy (non-hydrogen) atoms. The van der Waals surface area contributed by atoms with Crippen LogP contribution >= 0.6 is 0 Å². The lowest BCUT2D eigenvalue weighted by atomic mass is 9.91. The molecule has 1 aliphatic heterocycles. The van der Waals surface area contributed by atoms with Crippen molar-refractivity contribution >= 4 is 0 Å². The Hall–Kier alpha value is -1.64. The molecular weight excluding hydrogens is 224 g/mol. The summed E-state index contributed by atoms with van der Waals surface area (Å²) in [5, 5.41) is 10.5. The first-order chi connectivity index (χ1) is 8.86. The summed E-state index contributed by atoms with van der Waals surface area (Å²) in [6.45, 7) is 0.672. The van der Waals surface area contributed by atoms with Crippen molar-refractivity contribution in [3.8, 4) is 0 Å². The Kier molecular flexibility index (Phi) is 3.13. The second-order valence-electron chi connectivity index (χ2n) is 4.60. The molecule has 0 radical (unpaired) electrons. The van der Waals surface area contributed by atoms with Crippen molar-refractivity contribution in [2.75, 3.05) is 6.61 Å². The minimum absolute atomic E-state index is 0.252. The highest BCUT2D eigenvalue weighted by atomic mass is 16.5. The molecule has 1 unspecified atom stereocenters. The van der Waals surface area contributed by atoms with Crippen molar-refractivity contribution in [1.82, 2.24) is 0 Å². The highest BCUT2D eigenvalue weighted by molar-refractivity contribution is 5.33. The molecule has 0 aliphatic carbocycles. The van der Waals surface area contributed by atoms with Gasteiger partial charge >= 0.3 is 0 Å². The van der Waals surface area contributed by atoms with Crippen LogP contribution in [-0.2, 0) is 11.2 Å². The monoisotopic (exact) mass is 240 g/mol. The molecule has 0 bridgehead atoms. The van der Waals surface area contributed by atoms with Crippen molar-refractivity contribution in [2.24, 2.45) is 0 Å². The van der Waals surface area contributed by atoms with E-state index in [1.165, 1.54) is 5.56 Å². The maximum atomic E-state index is 10.5. The van der Waals surface area contributed by atoms with Gasteiger partial charge in [-0.25, -0.2) is 0 Å². The fraction of sp³-hybridized carbons (Fsp3) is 0.250. The molecule has 2 nitrogen and oxygen atoms in total. The molecule has 1 N–H and O–H groups in total. The maximum absolute atomic E-state index is 10.5. The van der Waals surface area contributed by atoms with Gasteiger partial charge in [0, 0.05) is 0 Å². The van der Waals surface area contributed by atoms with Crippen molar-refractivity contribution in [1.29, 1.82) is 0 Å². The van der Waals surface area contributed by atoms with Crippen LogP contribution in [0.4, 0.5) is 0 Å². The number of aliphatic hydroxyl groups is 1. The minimum Gasteiger partial charge on any atom is -0.385 e. The smallest absolute Gasteiger partial charge is 0.113 e. The zero-order chi connectivity index (χ0) is 12.4. The molecule has 0 aromatic heterocycles. The average Bonchev–Trinajstić information content (AvgIpc) is 2.47. The Morgan fingerprint density at radius 2 is 1.72 bits per heavy atom. The van der Waals surface area contributed by atoms with Gasteiger partial charge in [-0.05, 0) is 23.1 Å². The summed E-state index contributed by atoms with van der Waals surface area (Å²) in [5.41, 5.74) is 3.29. The first kappa shape index (κ1) is 11.5. The minimum atomic E-state index is -0.604. The Labute approximate surface area is 107 Å². The summed E-state index contributed by atoms with van der Waals surface area (Å²) < 4.78 is 5.77. The van der Waals surface area contributed by atoms with Crippen LogP contribution in [0.5, 0.6) is 0 Å². The number of ether oxygens (including phenoxy) is 1. The van der Waals surface area contributed by atoms with Gasteiger partial charge in [0.1, 0.15) is 12.2 Å². The van der Waals surface area contributed by atoms with Crippen molar-refractivity contribution in [3.63, 3.8) is 0 Å². The fourth-order valence-corrected chi connectivity index (χ4v) is 2.51. The maximum Gasteiger partial charge on any atom is 0.113 e. The van der Waals surface area contributed by atoms with E-state index in [1.54, 1.807) is 0 Å². The van der Waals surface area contributed by atoms with E-state index >= 15 is 0 Å². The quantitative estimate of drug-likeness (QED) is 0.874. The Morgan fingerprint density at radius 3 is 2.56 bits per heavy atom. The molecule has 0 spiro atoms. The predicted molar refractivity (Wildman–Crippen MR) is 70.2 cm³/mol. The fourth-order valence-electron chi connectivity index (χ4n) is 2.51. The van der Waals surface area contributed by atoms with Crippen LogP contribution < -0.4 is 0 Å². The molecule has 2 aromatic rings. The molecule has 92 valence electrons. The van der Waals surface area contributed by atoms with Crippen molar-refractivity contribution < 1.29 is 9.84 Å². The molecule has 1 heterocycles. The van der Waals surface area contributed by atoms with Crippen LogP contribution in [0.25, 0.3) is 0 Å². The normalized spacial score (nSPS) is 20.2. The molecule has 2 atom stereocenters. The Bertz CT molecular complexity index is 522. The van der Waals surface area contributed by atoms with Crippen LogP contribution in [0.1, 0.15) is 28.9 Å². The lowest BCUT2D eigenvalue weighted by Crippen LogP contribution is -2.22. The molecule has 2 heteroatoms. The first-order valence-electron chi connectivity index (χ1n) is 6.28. The largest absolute Gasteiger partial charge is 0.385 e. The van der Waals surface area contributed by atoms with Crippen LogP contribution in [0, 0.1) is 0 Å². The zero-order valence-corrected chi connectivity index (χ0v) is 10.1. The van der Waals surface area contributed by atoms with E-state index in [9.17, 15) is 5.11 Å². The molecule has 0 fully saturated rings. The van der Waals surface area contributed by atoms with Gasteiger partial charge in [-0.2, -0.15) is 0 Å². The van der Waals surface area contributed by atoms with Crippen LogP contribution in [0.2, 0.25) is 0 Å². The van der Waals surface area contributed by atoms with E-state index in [0.717, 1.165) is 17.5 Å². The highest BCUT2D eigenvalue weighted by Gasteiger charge is 2.28. The van der Waals surface area contributed by atoms with Crippen LogP contribution in [0.3, 0.4) is 0 Å². The van der Waals surface area contributed by atoms with E-state index in [1.807, 2.05) is 48.5 Å². The summed E-state index contributed by atoms with van der Waals surface area (Å²) in [6.07, 6.45) is 0.0683. The lowest BCUT2D eigenvalue weighted by Gasteiger charge is -2.29. The van der Waals surface area contributed by atoms with E-state index in [-0.39, 0.29) is 6.10 Å². The van der Waals surface area contributed by atoms with Gasteiger partial charge in [-0.1, -0.05) is 54.6 Å². The average molecular weight is 240 g/mol. The van der Waals surface area contributed by atoms with Gasteiger partial charge in [0.25, 0.3) is 0 Å². The van der Waals surface area contributed by atoms with Gasteiger partial charge < -0.3 is 9.84 Å². The summed E-state index contributed by atoms with van der Waals surface area (Å²) in [6, 6.07) is 17.9. The van der Waals surface area contributed by atoms with Crippen molar-refractivity contribution in [3.05, 3.63) is 71.3 Å². The molecule has 0 saturated carbocycles. The van der Waals surface area contributed by atoms with Gasteiger partial charge in [-0.3, -0.25) is 0 Å².